The third kappa shape index (κ3) is 3.08. The summed E-state index contributed by atoms with van der Waals surface area (Å²) in [6.45, 7) is 2.23. The van der Waals surface area contributed by atoms with E-state index < -0.39 is 0 Å². The lowest BCUT2D eigenvalue weighted by molar-refractivity contribution is 0.749. The molecule has 26 heavy (non-hydrogen) atoms. The second-order valence-electron chi connectivity index (χ2n) is 6.86. The predicted molar refractivity (Wildman–Crippen MR) is 108 cm³/mol. The molecule has 5 nitrogen and oxygen atoms in total. The van der Waals surface area contributed by atoms with E-state index in [4.69, 9.17) is 4.98 Å². The Bertz CT molecular complexity index is 904. The van der Waals surface area contributed by atoms with Gasteiger partial charge in [0.25, 0.3) is 0 Å². The Balaban J connectivity index is 1.59. The molecule has 0 saturated carbocycles. The van der Waals surface area contributed by atoms with E-state index in [1.165, 1.54) is 11.3 Å². The Kier molecular flexibility index (Phi) is 4.21. The minimum absolute atomic E-state index is 0.384. The molecule has 1 aliphatic heterocycles. The largest absolute Gasteiger partial charge is 0.378 e. The zero-order valence-electron chi connectivity index (χ0n) is 15.3. The molecule has 0 spiro atoms. The van der Waals surface area contributed by atoms with Crippen molar-refractivity contribution in [3.63, 3.8) is 0 Å². The summed E-state index contributed by atoms with van der Waals surface area (Å²) in [4.78, 5) is 13.5. The van der Waals surface area contributed by atoms with Crippen LogP contribution in [0.4, 0.5) is 28.8 Å². The van der Waals surface area contributed by atoms with Gasteiger partial charge < -0.3 is 15.1 Å². The lowest BCUT2D eigenvalue weighted by atomic mass is 10.1. The molecule has 3 aromatic rings. The van der Waals surface area contributed by atoms with Crippen molar-refractivity contribution in [3.8, 4) is 0 Å². The average molecular weight is 345 g/mol. The molecule has 0 aliphatic carbocycles. The molecule has 1 unspecified atom stereocenters. The lowest BCUT2D eigenvalue weighted by Crippen LogP contribution is -2.25. The molecule has 2 aromatic carbocycles. The van der Waals surface area contributed by atoms with Crippen LogP contribution in [0.25, 0.3) is 0 Å². The van der Waals surface area contributed by atoms with Gasteiger partial charge >= 0.3 is 0 Å². The zero-order valence-corrected chi connectivity index (χ0v) is 15.3. The Morgan fingerprint density at radius 2 is 1.81 bits per heavy atom. The Hall–Kier alpha value is -3.08. The number of para-hydroxylation sites is 1. The summed E-state index contributed by atoms with van der Waals surface area (Å²) >= 11 is 0. The second kappa shape index (κ2) is 6.67. The van der Waals surface area contributed by atoms with Crippen LogP contribution in [0.5, 0.6) is 0 Å². The summed E-state index contributed by atoms with van der Waals surface area (Å²) in [5.41, 5.74) is 4.74. The van der Waals surface area contributed by atoms with Crippen LogP contribution in [-0.4, -0.2) is 30.1 Å². The van der Waals surface area contributed by atoms with Crippen LogP contribution in [0.15, 0.2) is 60.8 Å². The molecule has 0 saturated heterocycles. The van der Waals surface area contributed by atoms with Gasteiger partial charge in [-0.3, -0.25) is 0 Å². The number of nitrogens with one attached hydrogen (secondary N) is 1. The topological polar surface area (TPSA) is 44.3 Å². The highest BCUT2D eigenvalue weighted by atomic mass is 15.3. The quantitative estimate of drug-likeness (QED) is 0.761. The first-order chi connectivity index (χ1) is 12.6. The molecular weight excluding hydrogens is 322 g/mol. The smallest absolute Gasteiger partial charge is 0.229 e. The highest BCUT2D eigenvalue weighted by Crippen LogP contribution is 2.37. The fourth-order valence-electron chi connectivity index (χ4n) is 3.43. The minimum Gasteiger partial charge on any atom is -0.378 e. The van der Waals surface area contributed by atoms with Crippen LogP contribution in [0.3, 0.4) is 0 Å². The van der Waals surface area contributed by atoms with Crippen molar-refractivity contribution in [2.45, 2.75) is 19.4 Å². The van der Waals surface area contributed by atoms with Crippen molar-refractivity contribution in [1.82, 2.24) is 9.97 Å². The number of nitrogens with zero attached hydrogens (tertiary/aromatic N) is 4. The van der Waals surface area contributed by atoms with E-state index in [1.54, 1.807) is 0 Å². The van der Waals surface area contributed by atoms with E-state index in [1.807, 2.05) is 38.5 Å². The highest BCUT2D eigenvalue weighted by Gasteiger charge is 2.27. The van der Waals surface area contributed by atoms with Gasteiger partial charge in [-0.1, -0.05) is 18.2 Å². The highest BCUT2D eigenvalue weighted by molar-refractivity contribution is 5.69. The minimum atomic E-state index is 0.384. The Morgan fingerprint density at radius 3 is 2.58 bits per heavy atom. The van der Waals surface area contributed by atoms with E-state index in [0.717, 1.165) is 23.6 Å². The molecule has 1 N–H and O–H groups in total. The number of benzene rings is 2. The zero-order chi connectivity index (χ0) is 18.1. The molecule has 0 fully saturated rings. The molecule has 0 radical (unpaired) electrons. The Morgan fingerprint density at radius 1 is 1.04 bits per heavy atom. The molecule has 4 rings (SSSR count). The number of aromatic nitrogens is 2. The van der Waals surface area contributed by atoms with Gasteiger partial charge in [0.15, 0.2) is 0 Å². The summed E-state index contributed by atoms with van der Waals surface area (Å²) in [6, 6.07) is 19.1. The van der Waals surface area contributed by atoms with Gasteiger partial charge in [-0.15, -0.1) is 0 Å². The van der Waals surface area contributed by atoms with Gasteiger partial charge in [0.2, 0.25) is 5.95 Å². The van der Waals surface area contributed by atoms with Crippen LogP contribution in [0.2, 0.25) is 0 Å². The standard InChI is InChI=1S/C21H23N5/c1-15-14-16-6-4-5-7-19(16)26(15)20-12-13-22-21(24-20)23-17-8-10-18(11-9-17)25(2)3/h4-13,15H,14H2,1-3H3,(H,22,23,24). The molecule has 1 atom stereocenters. The van der Waals surface area contributed by atoms with E-state index in [9.17, 15) is 0 Å². The number of rotatable bonds is 4. The SMILES string of the molecule is CC1Cc2ccccc2N1c1ccnc(Nc2ccc(N(C)C)cc2)n1. The van der Waals surface area contributed by atoms with Crippen LogP contribution in [0, 0.1) is 0 Å². The van der Waals surface area contributed by atoms with Gasteiger partial charge in [0.05, 0.1) is 0 Å². The van der Waals surface area contributed by atoms with Crippen LogP contribution in [-0.2, 0) is 6.42 Å². The molecule has 0 amide bonds. The van der Waals surface area contributed by atoms with Crippen molar-refractivity contribution in [1.29, 1.82) is 0 Å². The Labute approximate surface area is 154 Å². The van der Waals surface area contributed by atoms with Gasteiger partial charge in [-0.2, -0.15) is 4.98 Å². The first kappa shape index (κ1) is 16.4. The predicted octanol–water partition coefficient (Wildman–Crippen LogP) is 4.37. The molecule has 2 heterocycles. The molecule has 5 heteroatoms. The van der Waals surface area contributed by atoms with Crippen LogP contribution in [0.1, 0.15) is 12.5 Å². The lowest BCUT2D eigenvalue weighted by Gasteiger charge is -2.24. The fraction of sp³-hybridized carbons (Fsp3) is 0.238. The number of fused-ring (bicyclic) bond motifs is 1. The molecule has 1 aliphatic rings. The normalized spacial score (nSPS) is 15.7. The van der Waals surface area contributed by atoms with Gasteiger partial charge in [0, 0.05) is 43.4 Å². The first-order valence-electron chi connectivity index (χ1n) is 8.86. The molecule has 1 aromatic heterocycles. The molecule has 0 bridgehead atoms. The number of hydrogen-bond donors (Lipinski definition) is 1. The maximum Gasteiger partial charge on any atom is 0.229 e. The first-order valence-corrected chi connectivity index (χ1v) is 8.86. The van der Waals surface area contributed by atoms with Crippen LogP contribution >= 0.6 is 0 Å². The van der Waals surface area contributed by atoms with Crippen molar-refractivity contribution < 1.29 is 0 Å². The van der Waals surface area contributed by atoms with E-state index in [-0.39, 0.29) is 0 Å². The summed E-state index contributed by atoms with van der Waals surface area (Å²) in [7, 11) is 4.06. The van der Waals surface area contributed by atoms with E-state index in [0.29, 0.717) is 12.0 Å². The summed E-state index contributed by atoms with van der Waals surface area (Å²) in [5.74, 6) is 1.53. The number of hydrogen-bond acceptors (Lipinski definition) is 5. The average Bonchev–Trinajstić information content (AvgIpc) is 2.98. The second-order valence-corrected chi connectivity index (χ2v) is 6.86. The van der Waals surface area contributed by atoms with Gasteiger partial charge in [-0.05, 0) is 55.3 Å². The fourth-order valence-corrected chi connectivity index (χ4v) is 3.43. The summed E-state index contributed by atoms with van der Waals surface area (Å²) < 4.78 is 0. The van der Waals surface area contributed by atoms with E-state index in [2.05, 4.69) is 63.4 Å². The maximum atomic E-state index is 4.75. The monoisotopic (exact) mass is 345 g/mol. The molecule has 132 valence electrons. The third-order valence-corrected chi connectivity index (χ3v) is 4.73. The van der Waals surface area contributed by atoms with Crippen molar-refractivity contribution in [2.24, 2.45) is 0 Å². The summed E-state index contributed by atoms with van der Waals surface area (Å²) in [6.07, 6.45) is 2.85. The third-order valence-electron chi connectivity index (χ3n) is 4.73. The summed E-state index contributed by atoms with van der Waals surface area (Å²) in [5, 5.41) is 3.31. The van der Waals surface area contributed by atoms with E-state index >= 15 is 0 Å². The van der Waals surface area contributed by atoms with Crippen molar-refractivity contribution in [3.05, 3.63) is 66.4 Å². The maximum absolute atomic E-state index is 4.75. The van der Waals surface area contributed by atoms with Crippen molar-refractivity contribution in [2.75, 3.05) is 29.2 Å². The van der Waals surface area contributed by atoms with Gasteiger partial charge in [-0.25, -0.2) is 4.98 Å². The van der Waals surface area contributed by atoms with Crippen LogP contribution < -0.4 is 15.1 Å². The molecular formula is C21H23N5. The van der Waals surface area contributed by atoms with Crippen molar-refractivity contribution >= 4 is 28.8 Å². The number of anilines is 5. The van der Waals surface area contributed by atoms with Gasteiger partial charge in [0.1, 0.15) is 5.82 Å².